The molecule has 0 aliphatic rings. The number of aliphatic carboxylic acids is 1. The van der Waals surface area contributed by atoms with Crippen LogP contribution in [0.5, 0.6) is 5.75 Å². The molecule has 1 N–H and O–H groups in total. The summed E-state index contributed by atoms with van der Waals surface area (Å²) < 4.78 is 5.04. The first-order valence-corrected chi connectivity index (χ1v) is 5.20. The number of halogens is 3. The van der Waals surface area contributed by atoms with Gasteiger partial charge >= 0.3 is 5.97 Å². The predicted octanol–water partition coefficient (Wildman–Crippen LogP) is 2.98. The largest absolute Gasteiger partial charge is 0.477 e. The van der Waals surface area contributed by atoms with Crippen molar-refractivity contribution in [1.82, 2.24) is 0 Å². The number of hydrogen-bond donors (Lipinski definition) is 1. The van der Waals surface area contributed by atoms with Gasteiger partial charge in [-0.05, 0) is 18.2 Å². The van der Waals surface area contributed by atoms with E-state index in [0.717, 1.165) is 0 Å². The van der Waals surface area contributed by atoms with E-state index in [0.29, 0.717) is 5.02 Å². The second kappa shape index (κ2) is 4.92. The van der Waals surface area contributed by atoms with E-state index in [9.17, 15) is 4.79 Å². The number of carbonyl (C=O) groups is 1. The van der Waals surface area contributed by atoms with Gasteiger partial charge < -0.3 is 9.84 Å². The summed E-state index contributed by atoms with van der Waals surface area (Å²) >= 11 is 16.8. The van der Waals surface area contributed by atoms with Crippen LogP contribution in [0, 0.1) is 0 Å². The van der Waals surface area contributed by atoms with Gasteiger partial charge in [0.05, 0.1) is 5.88 Å². The maximum atomic E-state index is 10.8. The lowest BCUT2D eigenvalue weighted by atomic mass is 10.3. The van der Waals surface area contributed by atoms with Gasteiger partial charge in [-0.2, -0.15) is 0 Å². The Balaban J connectivity index is 2.89. The third-order valence-electron chi connectivity index (χ3n) is 1.57. The second-order valence-corrected chi connectivity index (χ2v) is 4.04. The molecule has 1 unspecified atom stereocenters. The molecule has 0 aromatic heterocycles. The van der Waals surface area contributed by atoms with Crippen molar-refractivity contribution in [1.29, 1.82) is 0 Å². The molecule has 0 aliphatic carbocycles. The van der Waals surface area contributed by atoms with Crippen LogP contribution in [-0.4, -0.2) is 22.0 Å². The molecule has 1 aromatic carbocycles. The molecule has 1 rings (SSSR count). The van der Waals surface area contributed by atoms with Crippen molar-refractivity contribution in [3.8, 4) is 5.75 Å². The molecular formula is C9H7Cl3O3. The first kappa shape index (κ1) is 12.4. The first-order chi connectivity index (χ1) is 6.98. The summed E-state index contributed by atoms with van der Waals surface area (Å²) in [5, 5.41) is 7.25. The first-order valence-electron chi connectivity index (χ1n) is 3.91. The number of carboxylic acid groups (broad SMARTS) is 1. The molecule has 1 atom stereocenters. The Bertz CT molecular complexity index is 369. The Morgan fingerprint density at radius 1 is 1.53 bits per heavy atom. The molecule has 82 valence electrons. The Morgan fingerprint density at radius 2 is 2.20 bits per heavy atom. The monoisotopic (exact) mass is 268 g/mol. The fourth-order valence-electron chi connectivity index (χ4n) is 0.845. The SMILES string of the molecule is O=C(O)C(Cl)(CCl)Oc1cccc(Cl)c1. The number of alkyl halides is 2. The number of hydrogen-bond acceptors (Lipinski definition) is 2. The normalized spacial score (nSPS) is 14.3. The van der Waals surface area contributed by atoms with E-state index in [1.54, 1.807) is 18.2 Å². The van der Waals surface area contributed by atoms with Crippen LogP contribution in [0.2, 0.25) is 5.02 Å². The van der Waals surface area contributed by atoms with E-state index >= 15 is 0 Å². The van der Waals surface area contributed by atoms with Gasteiger partial charge in [-0.3, -0.25) is 0 Å². The van der Waals surface area contributed by atoms with Crippen LogP contribution in [0.4, 0.5) is 0 Å². The Hall–Kier alpha value is -0.640. The molecule has 0 aliphatic heterocycles. The summed E-state index contributed by atoms with van der Waals surface area (Å²) in [6, 6.07) is 6.24. The van der Waals surface area contributed by atoms with Crippen molar-refractivity contribution in [3.05, 3.63) is 29.3 Å². The minimum absolute atomic E-state index is 0.251. The zero-order valence-electron chi connectivity index (χ0n) is 7.41. The molecule has 1 aromatic rings. The molecule has 0 spiro atoms. The van der Waals surface area contributed by atoms with Gasteiger partial charge in [0, 0.05) is 5.02 Å². The fraction of sp³-hybridized carbons (Fsp3) is 0.222. The van der Waals surface area contributed by atoms with Gasteiger partial charge in [0.2, 0.25) is 0 Å². The van der Waals surface area contributed by atoms with E-state index < -0.39 is 11.0 Å². The van der Waals surface area contributed by atoms with Crippen LogP contribution in [0.1, 0.15) is 0 Å². The molecule has 0 heterocycles. The lowest BCUT2D eigenvalue weighted by Crippen LogP contribution is -2.40. The molecule has 0 radical (unpaired) electrons. The summed E-state index contributed by atoms with van der Waals surface area (Å²) in [5.41, 5.74) is 0. The Morgan fingerprint density at radius 3 is 2.67 bits per heavy atom. The highest BCUT2D eigenvalue weighted by molar-refractivity contribution is 6.37. The molecule has 6 heteroatoms. The summed E-state index contributed by atoms with van der Waals surface area (Å²) in [7, 11) is 0. The molecule has 15 heavy (non-hydrogen) atoms. The third kappa shape index (κ3) is 3.16. The highest BCUT2D eigenvalue weighted by Crippen LogP contribution is 2.26. The smallest absolute Gasteiger partial charge is 0.365 e. The van der Waals surface area contributed by atoms with Crippen LogP contribution in [0.3, 0.4) is 0 Å². The molecule has 0 fully saturated rings. The lowest BCUT2D eigenvalue weighted by Gasteiger charge is -2.21. The summed E-state index contributed by atoms with van der Waals surface area (Å²) in [6.07, 6.45) is 0. The van der Waals surface area contributed by atoms with Gasteiger partial charge in [-0.25, -0.2) is 4.79 Å². The highest BCUT2D eigenvalue weighted by Gasteiger charge is 2.38. The zero-order valence-corrected chi connectivity index (χ0v) is 9.68. The number of rotatable bonds is 4. The van der Waals surface area contributed by atoms with Crippen molar-refractivity contribution < 1.29 is 14.6 Å². The summed E-state index contributed by atoms with van der Waals surface area (Å²) in [4.78, 5) is 10.8. The zero-order chi connectivity index (χ0) is 11.5. The number of carboxylic acids is 1. The van der Waals surface area contributed by atoms with Crippen molar-refractivity contribution in [2.75, 3.05) is 5.88 Å². The van der Waals surface area contributed by atoms with E-state index in [1.165, 1.54) is 6.07 Å². The quantitative estimate of drug-likeness (QED) is 0.855. The van der Waals surface area contributed by atoms with Crippen LogP contribution in [0.15, 0.2) is 24.3 Å². The maximum Gasteiger partial charge on any atom is 0.365 e. The van der Waals surface area contributed by atoms with Gasteiger partial charge in [-0.15, -0.1) is 11.6 Å². The van der Waals surface area contributed by atoms with E-state index in [1.807, 2.05) is 0 Å². The topological polar surface area (TPSA) is 46.5 Å². The van der Waals surface area contributed by atoms with Gasteiger partial charge in [0.25, 0.3) is 5.06 Å². The highest BCUT2D eigenvalue weighted by atomic mass is 35.5. The average Bonchev–Trinajstić information content (AvgIpc) is 2.17. The number of ether oxygens (including phenoxy) is 1. The van der Waals surface area contributed by atoms with Gasteiger partial charge in [0.15, 0.2) is 0 Å². The fourth-order valence-corrected chi connectivity index (χ4v) is 1.28. The molecular weight excluding hydrogens is 262 g/mol. The molecule has 0 bridgehead atoms. The van der Waals surface area contributed by atoms with Crippen molar-refractivity contribution in [3.63, 3.8) is 0 Å². The van der Waals surface area contributed by atoms with E-state index in [2.05, 4.69) is 0 Å². The van der Waals surface area contributed by atoms with Crippen LogP contribution < -0.4 is 4.74 Å². The summed E-state index contributed by atoms with van der Waals surface area (Å²) in [6.45, 7) is 0. The van der Waals surface area contributed by atoms with Crippen molar-refractivity contribution in [2.24, 2.45) is 0 Å². The maximum absolute atomic E-state index is 10.8. The molecule has 0 saturated carbocycles. The van der Waals surface area contributed by atoms with Gasteiger partial charge in [0.1, 0.15) is 5.75 Å². The Labute approximate surface area is 102 Å². The third-order valence-corrected chi connectivity index (χ3v) is 2.69. The van der Waals surface area contributed by atoms with Crippen LogP contribution in [-0.2, 0) is 4.79 Å². The standard InChI is InChI=1S/C9H7Cl3O3/c10-5-9(12,8(13)14)15-7-3-1-2-6(11)4-7/h1-4H,5H2,(H,13,14). The van der Waals surface area contributed by atoms with Crippen molar-refractivity contribution >= 4 is 40.8 Å². The van der Waals surface area contributed by atoms with E-state index in [-0.39, 0.29) is 11.6 Å². The average molecular weight is 270 g/mol. The second-order valence-electron chi connectivity index (χ2n) is 2.73. The minimum atomic E-state index is -1.97. The lowest BCUT2D eigenvalue weighted by molar-refractivity contribution is -0.146. The summed E-state index contributed by atoms with van der Waals surface area (Å²) in [5.74, 6) is -1.48. The Kier molecular flexibility index (Phi) is 4.08. The number of benzene rings is 1. The van der Waals surface area contributed by atoms with E-state index in [4.69, 9.17) is 44.6 Å². The molecule has 0 amide bonds. The van der Waals surface area contributed by atoms with Crippen LogP contribution >= 0.6 is 34.8 Å². The minimum Gasteiger partial charge on any atom is -0.477 e. The van der Waals surface area contributed by atoms with Crippen molar-refractivity contribution in [2.45, 2.75) is 5.06 Å². The predicted molar refractivity (Wildman–Crippen MR) is 59.0 cm³/mol. The molecule has 0 saturated heterocycles. The van der Waals surface area contributed by atoms with Crippen LogP contribution in [0.25, 0.3) is 0 Å². The van der Waals surface area contributed by atoms with Gasteiger partial charge in [-0.1, -0.05) is 29.3 Å². The molecule has 3 nitrogen and oxygen atoms in total.